The molecule has 6 heteroatoms. The van der Waals surface area contributed by atoms with Crippen LogP contribution in [0, 0.1) is 11.2 Å². The molecule has 4 nitrogen and oxygen atoms in total. The summed E-state index contributed by atoms with van der Waals surface area (Å²) in [7, 11) is 0. The number of hydrogen-bond donors (Lipinski definition) is 2. The Balaban J connectivity index is 0.00000220. The molecule has 1 aliphatic heterocycles. The Morgan fingerprint density at radius 1 is 1.38 bits per heavy atom. The molecule has 2 rings (SSSR count). The number of amides is 1. The maximum Gasteiger partial charge on any atom is 0.257 e. The molecule has 118 valence electrons. The van der Waals surface area contributed by atoms with Crippen molar-refractivity contribution in [1.82, 2.24) is 10.6 Å². The summed E-state index contributed by atoms with van der Waals surface area (Å²) in [5.74, 6) is -0.561. The molecule has 1 heterocycles. The summed E-state index contributed by atoms with van der Waals surface area (Å²) in [6, 6.07) is 6.08. The van der Waals surface area contributed by atoms with Gasteiger partial charge in [0.2, 0.25) is 0 Å². The Morgan fingerprint density at radius 3 is 2.71 bits per heavy atom. The smallest absolute Gasteiger partial charge is 0.257 e. The third kappa shape index (κ3) is 5.52. The molecule has 2 N–H and O–H groups in total. The van der Waals surface area contributed by atoms with Gasteiger partial charge in [0.25, 0.3) is 5.91 Å². The molecule has 21 heavy (non-hydrogen) atoms. The van der Waals surface area contributed by atoms with E-state index in [-0.39, 0.29) is 36.1 Å². The molecule has 0 atom stereocenters. The van der Waals surface area contributed by atoms with Crippen LogP contribution in [0.5, 0.6) is 5.75 Å². The van der Waals surface area contributed by atoms with Gasteiger partial charge < -0.3 is 15.4 Å². The van der Waals surface area contributed by atoms with Gasteiger partial charge in [-0.05, 0) is 43.5 Å². The van der Waals surface area contributed by atoms with Gasteiger partial charge >= 0.3 is 0 Å². The number of halogens is 2. The van der Waals surface area contributed by atoms with Crippen molar-refractivity contribution in [3.63, 3.8) is 0 Å². The van der Waals surface area contributed by atoms with Crippen LogP contribution in [0.25, 0.3) is 0 Å². The van der Waals surface area contributed by atoms with Crippen molar-refractivity contribution in [1.29, 1.82) is 0 Å². The highest BCUT2D eigenvalue weighted by atomic mass is 35.5. The Bertz CT molecular complexity index is 465. The van der Waals surface area contributed by atoms with E-state index in [0.29, 0.717) is 6.54 Å². The number of rotatable bonds is 5. The molecule has 0 unspecified atom stereocenters. The highest BCUT2D eigenvalue weighted by Gasteiger charge is 2.26. The first-order chi connectivity index (χ1) is 9.59. The first kappa shape index (κ1) is 17.7. The first-order valence-electron chi connectivity index (χ1n) is 6.94. The third-order valence-corrected chi connectivity index (χ3v) is 3.72. The van der Waals surface area contributed by atoms with E-state index >= 15 is 0 Å². The summed E-state index contributed by atoms with van der Waals surface area (Å²) in [5, 5.41) is 6.17. The zero-order valence-corrected chi connectivity index (χ0v) is 13.0. The Labute approximate surface area is 130 Å². The average molecular weight is 317 g/mol. The summed E-state index contributed by atoms with van der Waals surface area (Å²) in [5.41, 5.74) is 0.138. The largest absolute Gasteiger partial charge is 0.481 e. The molecule has 0 bridgehead atoms. The predicted molar refractivity (Wildman–Crippen MR) is 82.4 cm³/mol. The second kappa shape index (κ2) is 8.20. The van der Waals surface area contributed by atoms with Crippen molar-refractivity contribution in [2.24, 2.45) is 5.41 Å². The van der Waals surface area contributed by atoms with Crippen LogP contribution in [0.15, 0.2) is 24.3 Å². The standard InChI is InChI=1S/C15H21FN2O2.ClH/c1-15(6-8-17-9-7-15)11-18-14(19)10-20-13-5-3-2-4-12(13)16;/h2-5,17H,6-11H2,1H3,(H,18,19);1H. The van der Waals surface area contributed by atoms with Crippen molar-refractivity contribution in [3.8, 4) is 5.75 Å². The minimum absolute atomic E-state index is 0. The van der Waals surface area contributed by atoms with Gasteiger partial charge in [-0.25, -0.2) is 4.39 Å². The molecule has 1 amide bonds. The monoisotopic (exact) mass is 316 g/mol. The van der Waals surface area contributed by atoms with E-state index in [1.165, 1.54) is 12.1 Å². The summed E-state index contributed by atoms with van der Waals surface area (Å²) in [4.78, 5) is 11.7. The normalized spacial score (nSPS) is 16.7. The summed E-state index contributed by atoms with van der Waals surface area (Å²) >= 11 is 0. The third-order valence-electron chi connectivity index (χ3n) is 3.72. The highest BCUT2D eigenvalue weighted by molar-refractivity contribution is 5.85. The van der Waals surface area contributed by atoms with Gasteiger partial charge in [-0.3, -0.25) is 4.79 Å². The molecule has 1 aromatic rings. The SMILES string of the molecule is CC1(CNC(=O)COc2ccccc2F)CCNCC1.Cl. The number of para-hydroxylation sites is 1. The molecule has 1 aromatic carbocycles. The lowest BCUT2D eigenvalue weighted by Gasteiger charge is -2.34. The fraction of sp³-hybridized carbons (Fsp3) is 0.533. The van der Waals surface area contributed by atoms with E-state index in [2.05, 4.69) is 17.6 Å². The molecule has 1 saturated heterocycles. The Kier molecular flexibility index (Phi) is 6.92. The fourth-order valence-electron chi connectivity index (χ4n) is 2.28. The van der Waals surface area contributed by atoms with Crippen LogP contribution in [-0.2, 0) is 4.79 Å². The Hall–Kier alpha value is -1.33. The van der Waals surface area contributed by atoms with Crippen molar-refractivity contribution < 1.29 is 13.9 Å². The van der Waals surface area contributed by atoms with Gasteiger partial charge in [0.05, 0.1) is 0 Å². The van der Waals surface area contributed by atoms with Crippen LogP contribution in [0.2, 0.25) is 0 Å². The van der Waals surface area contributed by atoms with E-state index in [1.807, 2.05) is 0 Å². The fourth-order valence-corrected chi connectivity index (χ4v) is 2.28. The van der Waals surface area contributed by atoms with Gasteiger partial charge in [-0.2, -0.15) is 0 Å². The van der Waals surface area contributed by atoms with E-state index in [9.17, 15) is 9.18 Å². The lowest BCUT2D eigenvalue weighted by atomic mass is 9.81. The van der Waals surface area contributed by atoms with Crippen LogP contribution in [-0.4, -0.2) is 32.1 Å². The lowest BCUT2D eigenvalue weighted by Crippen LogP contribution is -2.43. The minimum Gasteiger partial charge on any atom is -0.481 e. The van der Waals surface area contributed by atoms with Crippen LogP contribution < -0.4 is 15.4 Å². The van der Waals surface area contributed by atoms with E-state index in [1.54, 1.807) is 12.1 Å². The molecule has 0 spiro atoms. The average Bonchev–Trinajstić information content (AvgIpc) is 2.45. The summed E-state index contributed by atoms with van der Waals surface area (Å²) in [6.07, 6.45) is 2.09. The van der Waals surface area contributed by atoms with Gasteiger partial charge in [0.15, 0.2) is 18.2 Å². The maximum absolute atomic E-state index is 13.3. The lowest BCUT2D eigenvalue weighted by molar-refractivity contribution is -0.123. The quantitative estimate of drug-likeness (QED) is 0.875. The number of benzene rings is 1. The van der Waals surface area contributed by atoms with Gasteiger partial charge in [0.1, 0.15) is 0 Å². The van der Waals surface area contributed by atoms with E-state index in [0.717, 1.165) is 25.9 Å². The maximum atomic E-state index is 13.3. The second-order valence-electron chi connectivity index (χ2n) is 5.56. The molecular weight excluding hydrogens is 295 g/mol. The molecule has 0 aliphatic carbocycles. The van der Waals surface area contributed by atoms with Crippen molar-refractivity contribution >= 4 is 18.3 Å². The summed E-state index contributed by atoms with van der Waals surface area (Å²) in [6.45, 7) is 4.62. The number of ether oxygens (including phenoxy) is 1. The van der Waals surface area contributed by atoms with E-state index < -0.39 is 5.82 Å². The zero-order chi connectivity index (χ0) is 14.4. The minimum atomic E-state index is -0.453. The van der Waals surface area contributed by atoms with E-state index in [4.69, 9.17) is 4.74 Å². The molecule has 0 aromatic heterocycles. The van der Waals surface area contributed by atoms with Gasteiger partial charge in [-0.1, -0.05) is 19.1 Å². The highest BCUT2D eigenvalue weighted by Crippen LogP contribution is 2.26. The molecule has 1 aliphatic rings. The Morgan fingerprint density at radius 2 is 2.05 bits per heavy atom. The van der Waals surface area contributed by atoms with Crippen molar-refractivity contribution in [2.75, 3.05) is 26.2 Å². The number of piperidine rings is 1. The van der Waals surface area contributed by atoms with Gasteiger partial charge in [0, 0.05) is 6.54 Å². The molecular formula is C15H22ClFN2O2. The molecule has 0 saturated carbocycles. The number of carbonyl (C=O) groups excluding carboxylic acids is 1. The predicted octanol–water partition coefficient (Wildman–Crippen LogP) is 2.13. The zero-order valence-electron chi connectivity index (χ0n) is 12.2. The van der Waals surface area contributed by atoms with Crippen LogP contribution in [0.4, 0.5) is 4.39 Å². The summed E-state index contributed by atoms with van der Waals surface area (Å²) < 4.78 is 18.5. The number of carbonyl (C=O) groups is 1. The molecule has 0 radical (unpaired) electrons. The van der Waals surface area contributed by atoms with Crippen LogP contribution in [0.3, 0.4) is 0 Å². The first-order valence-corrected chi connectivity index (χ1v) is 6.94. The van der Waals surface area contributed by atoms with Crippen LogP contribution >= 0.6 is 12.4 Å². The van der Waals surface area contributed by atoms with Crippen LogP contribution in [0.1, 0.15) is 19.8 Å². The van der Waals surface area contributed by atoms with Gasteiger partial charge in [-0.15, -0.1) is 12.4 Å². The molecule has 1 fully saturated rings. The number of nitrogens with one attached hydrogen (secondary N) is 2. The topological polar surface area (TPSA) is 50.4 Å². The van der Waals surface area contributed by atoms with Crippen molar-refractivity contribution in [2.45, 2.75) is 19.8 Å². The number of hydrogen-bond acceptors (Lipinski definition) is 3. The van der Waals surface area contributed by atoms with Crippen molar-refractivity contribution in [3.05, 3.63) is 30.1 Å². The second-order valence-corrected chi connectivity index (χ2v) is 5.56.